The van der Waals surface area contributed by atoms with Crippen LogP contribution in [0.1, 0.15) is 37.0 Å². The Balaban J connectivity index is 0.00000312. The first-order valence-electron chi connectivity index (χ1n) is 8.06. The van der Waals surface area contributed by atoms with Crippen LogP contribution in [0.15, 0.2) is 18.2 Å². The Kier molecular flexibility index (Phi) is 8.15. The van der Waals surface area contributed by atoms with Gasteiger partial charge in [0.25, 0.3) is 11.8 Å². The Bertz CT molecular complexity index is 625. The number of amides is 2. The van der Waals surface area contributed by atoms with Crippen molar-refractivity contribution in [2.24, 2.45) is 5.73 Å². The van der Waals surface area contributed by atoms with Gasteiger partial charge in [-0.15, -0.1) is 12.4 Å². The van der Waals surface area contributed by atoms with Crippen molar-refractivity contribution in [2.45, 2.75) is 44.9 Å². The van der Waals surface area contributed by atoms with Crippen molar-refractivity contribution in [2.75, 3.05) is 18.9 Å². The number of hydrogen-bond acceptors (Lipinski definition) is 4. The summed E-state index contributed by atoms with van der Waals surface area (Å²) in [5, 5.41) is 3.13. The van der Waals surface area contributed by atoms with E-state index in [1.165, 1.54) is 0 Å². The second kappa shape index (κ2) is 9.38. The predicted molar refractivity (Wildman–Crippen MR) is 102 cm³/mol. The summed E-state index contributed by atoms with van der Waals surface area (Å²) >= 11 is 6.15. The number of anilines is 1. The number of benzene rings is 1. The second-order valence-corrected chi connectivity index (χ2v) is 6.66. The van der Waals surface area contributed by atoms with Gasteiger partial charge in [0.2, 0.25) is 0 Å². The summed E-state index contributed by atoms with van der Waals surface area (Å²) in [5.74, 6) is -0.396. The number of carbonyl (C=O) groups excluding carboxylic acids is 2. The van der Waals surface area contributed by atoms with Crippen molar-refractivity contribution < 1.29 is 14.3 Å². The molecular weight excluding hydrogens is 365 g/mol. The van der Waals surface area contributed by atoms with Crippen molar-refractivity contribution in [1.82, 2.24) is 4.90 Å². The molecule has 1 heterocycles. The van der Waals surface area contributed by atoms with E-state index in [0.717, 1.165) is 6.42 Å². The summed E-state index contributed by atoms with van der Waals surface area (Å²) in [6.07, 6.45) is 0.774. The molecule has 2 amide bonds. The third-order valence-electron chi connectivity index (χ3n) is 4.23. The Morgan fingerprint density at radius 1 is 1.40 bits per heavy atom. The molecule has 2 rings (SSSR count). The van der Waals surface area contributed by atoms with E-state index < -0.39 is 6.10 Å². The molecule has 0 unspecified atom stereocenters. The predicted octanol–water partition coefficient (Wildman–Crippen LogP) is 2.69. The fraction of sp³-hybridized carbons (Fsp3) is 0.529. The molecule has 0 aliphatic carbocycles. The largest absolute Gasteiger partial charge is 0.364 e. The zero-order valence-corrected chi connectivity index (χ0v) is 16.2. The van der Waals surface area contributed by atoms with Gasteiger partial charge in [0.1, 0.15) is 6.10 Å². The van der Waals surface area contributed by atoms with Crippen LogP contribution in [0.4, 0.5) is 5.69 Å². The molecule has 1 fully saturated rings. The van der Waals surface area contributed by atoms with Crippen LogP contribution in [-0.4, -0.2) is 48.6 Å². The zero-order chi connectivity index (χ0) is 17.9. The van der Waals surface area contributed by atoms with Gasteiger partial charge in [0.15, 0.2) is 0 Å². The first-order chi connectivity index (χ1) is 11.3. The van der Waals surface area contributed by atoms with E-state index in [2.05, 4.69) is 5.32 Å². The minimum absolute atomic E-state index is 0. The van der Waals surface area contributed by atoms with Crippen molar-refractivity contribution in [3.8, 4) is 0 Å². The number of rotatable bonds is 5. The minimum Gasteiger partial charge on any atom is -0.364 e. The Labute approximate surface area is 159 Å². The maximum atomic E-state index is 12.4. The maximum absolute atomic E-state index is 12.4. The number of ether oxygens (including phenoxy) is 1. The lowest BCUT2D eigenvalue weighted by Gasteiger charge is -2.22. The fourth-order valence-corrected chi connectivity index (χ4v) is 2.64. The highest BCUT2D eigenvalue weighted by atomic mass is 35.5. The first kappa shape index (κ1) is 21.7. The van der Waals surface area contributed by atoms with Crippen LogP contribution in [0.3, 0.4) is 0 Å². The van der Waals surface area contributed by atoms with E-state index in [9.17, 15) is 9.59 Å². The highest BCUT2D eigenvalue weighted by Crippen LogP contribution is 2.26. The SMILES string of the molecule is CC(C)N(C)C(=O)c1ccc(Cl)c(NC(=O)[C@@H]2CC[C@H](CN)O2)c1.Cl. The highest BCUT2D eigenvalue weighted by molar-refractivity contribution is 6.34. The van der Waals surface area contributed by atoms with Crippen LogP contribution in [0, 0.1) is 0 Å². The second-order valence-electron chi connectivity index (χ2n) is 6.25. The Morgan fingerprint density at radius 3 is 2.64 bits per heavy atom. The van der Waals surface area contributed by atoms with Gasteiger partial charge in [-0.05, 0) is 44.9 Å². The summed E-state index contributed by atoms with van der Waals surface area (Å²) in [6, 6.07) is 4.93. The molecule has 0 bridgehead atoms. The lowest BCUT2D eigenvalue weighted by molar-refractivity contribution is -0.126. The van der Waals surface area contributed by atoms with Crippen LogP contribution in [0.25, 0.3) is 0 Å². The van der Waals surface area contributed by atoms with Crippen LogP contribution < -0.4 is 11.1 Å². The molecule has 1 saturated heterocycles. The molecule has 1 aromatic rings. The van der Waals surface area contributed by atoms with Crippen LogP contribution in [-0.2, 0) is 9.53 Å². The smallest absolute Gasteiger partial charge is 0.253 e. The fourth-order valence-electron chi connectivity index (χ4n) is 2.48. The van der Waals surface area contributed by atoms with Crippen LogP contribution in [0.5, 0.6) is 0 Å². The third kappa shape index (κ3) is 5.31. The lowest BCUT2D eigenvalue weighted by atomic mass is 10.1. The Morgan fingerprint density at radius 2 is 2.08 bits per heavy atom. The van der Waals surface area contributed by atoms with E-state index in [0.29, 0.717) is 29.2 Å². The van der Waals surface area contributed by atoms with Gasteiger partial charge in [0.05, 0.1) is 16.8 Å². The Hall–Kier alpha value is -1.34. The van der Waals surface area contributed by atoms with Gasteiger partial charge in [-0.3, -0.25) is 9.59 Å². The normalized spacial score (nSPS) is 19.4. The number of nitrogens with two attached hydrogens (primary N) is 1. The van der Waals surface area contributed by atoms with Gasteiger partial charge in [0, 0.05) is 25.2 Å². The van der Waals surface area contributed by atoms with E-state index >= 15 is 0 Å². The van der Waals surface area contributed by atoms with E-state index in [-0.39, 0.29) is 36.4 Å². The summed E-state index contributed by atoms with van der Waals surface area (Å²) in [7, 11) is 1.74. The molecule has 0 aromatic heterocycles. The molecule has 1 aliphatic heterocycles. The molecule has 8 heteroatoms. The lowest BCUT2D eigenvalue weighted by Crippen LogP contribution is -2.33. The van der Waals surface area contributed by atoms with Gasteiger partial charge < -0.3 is 20.7 Å². The molecule has 1 aromatic carbocycles. The monoisotopic (exact) mass is 389 g/mol. The van der Waals surface area contributed by atoms with Crippen molar-refractivity contribution >= 4 is 41.5 Å². The van der Waals surface area contributed by atoms with Gasteiger partial charge in [-0.1, -0.05) is 11.6 Å². The molecule has 140 valence electrons. The molecule has 0 saturated carbocycles. The van der Waals surface area contributed by atoms with Gasteiger partial charge >= 0.3 is 0 Å². The van der Waals surface area contributed by atoms with Crippen LogP contribution in [0.2, 0.25) is 5.02 Å². The number of nitrogens with one attached hydrogen (secondary N) is 1. The van der Waals surface area contributed by atoms with E-state index in [4.69, 9.17) is 22.1 Å². The summed E-state index contributed by atoms with van der Waals surface area (Å²) in [6.45, 7) is 4.26. The minimum atomic E-state index is -0.535. The zero-order valence-electron chi connectivity index (χ0n) is 14.6. The molecule has 0 radical (unpaired) electrons. The van der Waals surface area contributed by atoms with Crippen molar-refractivity contribution in [3.63, 3.8) is 0 Å². The molecule has 3 N–H and O–H groups in total. The standard InChI is InChI=1S/C17H24ClN3O3.ClH/c1-10(2)21(3)17(23)11-4-6-13(18)14(8-11)20-16(22)15-7-5-12(9-19)24-15;/h4,6,8,10,12,15H,5,7,9,19H2,1-3H3,(H,20,22);1H/t12-,15+;/m1./s1. The third-order valence-corrected chi connectivity index (χ3v) is 4.56. The topological polar surface area (TPSA) is 84.7 Å². The van der Waals surface area contributed by atoms with Crippen LogP contribution >= 0.6 is 24.0 Å². The van der Waals surface area contributed by atoms with E-state index in [1.807, 2.05) is 13.8 Å². The summed E-state index contributed by atoms with van der Waals surface area (Å²) in [5.41, 5.74) is 6.44. The number of carbonyl (C=O) groups is 2. The summed E-state index contributed by atoms with van der Waals surface area (Å²) < 4.78 is 5.58. The highest BCUT2D eigenvalue weighted by Gasteiger charge is 2.30. The molecular formula is C17H25Cl2N3O3. The molecule has 6 nitrogen and oxygen atoms in total. The van der Waals surface area contributed by atoms with Gasteiger partial charge in [-0.2, -0.15) is 0 Å². The molecule has 0 spiro atoms. The molecule has 2 atom stereocenters. The van der Waals surface area contributed by atoms with Crippen molar-refractivity contribution in [3.05, 3.63) is 28.8 Å². The van der Waals surface area contributed by atoms with E-state index in [1.54, 1.807) is 30.1 Å². The maximum Gasteiger partial charge on any atom is 0.253 e. The summed E-state index contributed by atoms with van der Waals surface area (Å²) in [4.78, 5) is 26.4. The van der Waals surface area contributed by atoms with Crippen molar-refractivity contribution in [1.29, 1.82) is 0 Å². The molecule has 25 heavy (non-hydrogen) atoms. The average Bonchev–Trinajstić information content (AvgIpc) is 3.04. The average molecular weight is 390 g/mol. The van der Waals surface area contributed by atoms with Gasteiger partial charge in [-0.25, -0.2) is 0 Å². The number of nitrogens with zero attached hydrogens (tertiary/aromatic N) is 1. The number of halogens is 2. The quantitative estimate of drug-likeness (QED) is 0.810. The number of hydrogen-bond donors (Lipinski definition) is 2. The molecule has 1 aliphatic rings. The first-order valence-corrected chi connectivity index (χ1v) is 8.44.